The predicted octanol–water partition coefficient (Wildman–Crippen LogP) is 1.89. The van der Waals surface area contributed by atoms with Crippen molar-refractivity contribution in [2.45, 2.75) is 54.2 Å². The van der Waals surface area contributed by atoms with E-state index in [4.69, 9.17) is 4.74 Å². The van der Waals surface area contributed by atoms with Crippen molar-refractivity contribution >= 4 is 15.7 Å². The van der Waals surface area contributed by atoms with Gasteiger partial charge in [-0.1, -0.05) is 18.2 Å². The SMILES string of the molecule is CC1(C)Oc2ccc(S(=O)(=O)c3ccccc3)cc2[C@@H](N2CCCC2=O)[C@@H]1O.O. The van der Waals surface area contributed by atoms with Gasteiger partial charge in [0, 0.05) is 18.5 Å². The lowest BCUT2D eigenvalue weighted by atomic mass is 9.85. The summed E-state index contributed by atoms with van der Waals surface area (Å²) in [4.78, 5) is 14.4. The maximum absolute atomic E-state index is 13.0. The number of rotatable bonds is 3. The van der Waals surface area contributed by atoms with Gasteiger partial charge in [0.1, 0.15) is 17.5 Å². The zero-order chi connectivity index (χ0) is 20.1. The molecule has 2 atom stereocenters. The molecule has 0 unspecified atom stereocenters. The lowest BCUT2D eigenvalue weighted by Crippen LogP contribution is -2.53. The second-order valence-electron chi connectivity index (χ2n) is 7.80. The fourth-order valence-electron chi connectivity index (χ4n) is 3.95. The third kappa shape index (κ3) is 3.52. The van der Waals surface area contributed by atoms with Crippen molar-refractivity contribution < 1.29 is 28.5 Å². The van der Waals surface area contributed by atoms with Crippen LogP contribution in [0.4, 0.5) is 0 Å². The van der Waals surface area contributed by atoms with Crippen LogP contribution in [0.2, 0.25) is 0 Å². The van der Waals surface area contributed by atoms with Crippen molar-refractivity contribution in [1.29, 1.82) is 0 Å². The summed E-state index contributed by atoms with van der Waals surface area (Å²) in [5.41, 5.74) is -0.375. The van der Waals surface area contributed by atoms with Crippen LogP contribution in [-0.4, -0.2) is 48.1 Å². The van der Waals surface area contributed by atoms with Gasteiger partial charge in [0.15, 0.2) is 0 Å². The largest absolute Gasteiger partial charge is 0.485 e. The Kier molecular flexibility index (Phi) is 5.46. The van der Waals surface area contributed by atoms with Gasteiger partial charge in [-0.3, -0.25) is 4.79 Å². The molecule has 2 aliphatic heterocycles. The molecule has 29 heavy (non-hydrogen) atoms. The Morgan fingerprint density at radius 1 is 1.10 bits per heavy atom. The number of sulfone groups is 1. The van der Waals surface area contributed by atoms with Gasteiger partial charge in [0.05, 0.1) is 15.8 Å². The van der Waals surface area contributed by atoms with E-state index in [1.807, 2.05) is 0 Å². The maximum Gasteiger partial charge on any atom is 0.223 e. The first kappa shape index (κ1) is 21.3. The second-order valence-corrected chi connectivity index (χ2v) is 9.75. The number of likely N-dealkylation sites (tertiary alicyclic amines) is 1. The van der Waals surface area contributed by atoms with Gasteiger partial charge in [0.25, 0.3) is 0 Å². The molecule has 7 nitrogen and oxygen atoms in total. The molecule has 3 N–H and O–H groups in total. The number of fused-ring (bicyclic) bond motifs is 1. The number of hydrogen-bond acceptors (Lipinski definition) is 5. The van der Waals surface area contributed by atoms with Crippen molar-refractivity contribution in [2.75, 3.05) is 6.54 Å². The quantitative estimate of drug-likeness (QED) is 0.816. The number of aliphatic hydroxyl groups is 1. The van der Waals surface area contributed by atoms with Crippen LogP contribution in [0.15, 0.2) is 58.3 Å². The van der Waals surface area contributed by atoms with Gasteiger partial charge in [0.2, 0.25) is 15.7 Å². The van der Waals surface area contributed by atoms with Gasteiger partial charge in [-0.25, -0.2) is 8.42 Å². The molecular formula is C21H25NO6S. The highest BCUT2D eigenvalue weighted by molar-refractivity contribution is 7.91. The van der Waals surface area contributed by atoms with E-state index in [2.05, 4.69) is 0 Å². The molecule has 0 spiro atoms. The van der Waals surface area contributed by atoms with E-state index in [0.29, 0.717) is 24.3 Å². The predicted molar refractivity (Wildman–Crippen MR) is 106 cm³/mol. The van der Waals surface area contributed by atoms with E-state index in [1.165, 1.54) is 12.1 Å². The lowest BCUT2D eigenvalue weighted by molar-refractivity contribution is -0.139. The number of carbonyl (C=O) groups is 1. The Balaban J connectivity index is 0.00000240. The third-order valence-electron chi connectivity index (χ3n) is 5.49. The van der Waals surface area contributed by atoms with Gasteiger partial charge in [-0.15, -0.1) is 0 Å². The molecule has 156 valence electrons. The Morgan fingerprint density at radius 2 is 1.79 bits per heavy atom. The van der Waals surface area contributed by atoms with Crippen LogP contribution < -0.4 is 4.74 Å². The Bertz CT molecular complexity index is 1020. The van der Waals surface area contributed by atoms with Crippen LogP contribution in [0.3, 0.4) is 0 Å². The zero-order valence-corrected chi connectivity index (χ0v) is 17.1. The average molecular weight is 419 g/mol. The third-order valence-corrected chi connectivity index (χ3v) is 7.26. The Hall–Kier alpha value is -2.42. The van der Waals surface area contributed by atoms with Gasteiger partial charge >= 0.3 is 0 Å². The topological polar surface area (TPSA) is 115 Å². The zero-order valence-electron chi connectivity index (χ0n) is 16.3. The molecule has 1 saturated heterocycles. The highest BCUT2D eigenvalue weighted by Gasteiger charge is 2.47. The molecular weight excluding hydrogens is 394 g/mol. The average Bonchev–Trinajstić information content (AvgIpc) is 3.08. The summed E-state index contributed by atoms with van der Waals surface area (Å²) >= 11 is 0. The molecule has 2 aliphatic rings. The summed E-state index contributed by atoms with van der Waals surface area (Å²) in [5, 5.41) is 11.0. The summed E-state index contributed by atoms with van der Waals surface area (Å²) in [5.74, 6) is 0.455. The van der Waals surface area contributed by atoms with Crippen LogP contribution in [0.5, 0.6) is 5.75 Å². The molecule has 0 radical (unpaired) electrons. The van der Waals surface area contributed by atoms with E-state index in [9.17, 15) is 18.3 Å². The first-order valence-electron chi connectivity index (χ1n) is 9.32. The standard InChI is InChI=1S/C21H23NO5S.H2O/c1-21(2)20(24)19(22-12-6-9-18(22)23)16-13-15(10-11-17(16)27-21)28(25,26)14-7-4-3-5-8-14;/h3-5,7-8,10-11,13,19-20,24H,6,9,12H2,1-2H3;1H2/t19-,20+;/m1./s1. The minimum Gasteiger partial charge on any atom is -0.485 e. The van der Waals surface area contributed by atoms with Crippen LogP contribution in [0.1, 0.15) is 38.3 Å². The van der Waals surface area contributed by atoms with Gasteiger partial charge in [-0.2, -0.15) is 0 Å². The normalized spacial score (nSPS) is 23.1. The number of carbonyl (C=O) groups excluding carboxylic acids is 1. The molecule has 0 aromatic heterocycles. The second kappa shape index (κ2) is 7.44. The van der Waals surface area contributed by atoms with Crippen molar-refractivity contribution in [1.82, 2.24) is 4.90 Å². The van der Waals surface area contributed by atoms with Crippen molar-refractivity contribution in [3.8, 4) is 5.75 Å². The highest BCUT2D eigenvalue weighted by atomic mass is 32.2. The maximum atomic E-state index is 13.0. The van der Waals surface area contributed by atoms with Crippen molar-refractivity contribution in [2.24, 2.45) is 0 Å². The number of aliphatic hydroxyl groups excluding tert-OH is 1. The van der Waals surface area contributed by atoms with E-state index in [1.54, 1.807) is 55.1 Å². The van der Waals surface area contributed by atoms with Crippen molar-refractivity contribution in [3.05, 3.63) is 54.1 Å². The van der Waals surface area contributed by atoms with E-state index >= 15 is 0 Å². The molecule has 4 rings (SSSR count). The monoisotopic (exact) mass is 419 g/mol. The molecule has 2 heterocycles. The lowest BCUT2D eigenvalue weighted by Gasteiger charge is -2.45. The minimum absolute atomic E-state index is 0. The highest BCUT2D eigenvalue weighted by Crippen LogP contribution is 2.45. The molecule has 1 fully saturated rings. The molecule has 8 heteroatoms. The summed E-state index contributed by atoms with van der Waals surface area (Å²) < 4.78 is 32.0. The van der Waals surface area contributed by atoms with Gasteiger partial charge in [-0.05, 0) is 50.6 Å². The smallest absolute Gasteiger partial charge is 0.223 e. The molecule has 0 bridgehead atoms. The number of ether oxygens (including phenoxy) is 1. The molecule has 2 aromatic carbocycles. The van der Waals surface area contributed by atoms with Gasteiger partial charge < -0.3 is 20.2 Å². The summed E-state index contributed by atoms with van der Waals surface area (Å²) in [6.07, 6.45) is 0.180. The summed E-state index contributed by atoms with van der Waals surface area (Å²) in [6, 6.07) is 12.2. The number of hydrogen-bond donors (Lipinski definition) is 1. The van der Waals surface area contributed by atoms with Crippen molar-refractivity contribution in [3.63, 3.8) is 0 Å². The van der Waals surface area contributed by atoms with Crippen LogP contribution in [-0.2, 0) is 14.6 Å². The minimum atomic E-state index is -3.72. The van der Waals surface area contributed by atoms with Crippen LogP contribution >= 0.6 is 0 Å². The molecule has 2 aromatic rings. The Morgan fingerprint density at radius 3 is 2.41 bits per heavy atom. The first-order valence-corrected chi connectivity index (χ1v) is 10.8. The van der Waals surface area contributed by atoms with E-state index in [-0.39, 0.29) is 21.2 Å². The fraction of sp³-hybridized carbons (Fsp3) is 0.381. The molecule has 0 saturated carbocycles. The van der Waals surface area contributed by atoms with E-state index in [0.717, 1.165) is 6.42 Å². The van der Waals surface area contributed by atoms with E-state index < -0.39 is 27.6 Å². The van der Waals surface area contributed by atoms with Crippen LogP contribution in [0.25, 0.3) is 0 Å². The summed E-state index contributed by atoms with van der Waals surface area (Å²) in [7, 11) is -3.72. The van der Waals surface area contributed by atoms with Crippen LogP contribution in [0, 0.1) is 0 Å². The number of amides is 1. The number of nitrogens with zero attached hydrogens (tertiary/aromatic N) is 1. The molecule has 1 amide bonds. The Labute approximate surface area is 170 Å². The first-order chi connectivity index (χ1) is 13.2. The summed E-state index contributed by atoms with van der Waals surface area (Å²) in [6.45, 7) is 4.07. The molecule has 0 aliphatic carbocycles. The fourth-order valence-corrected chi connectivity index (χ4v) is 5.27. The number of benzene rings is 2.